The van der Waals surface area contributed by atoms with E-state index < -0.39 is 0 Å². The summed E-state index contributed by atoms with van der Waals surface area (Å²) in [7, 11) is 0. The van der Waals surface area contributed by atoms with E-state index in [0.717, 1.165) is 23.2 Å². The lowest BCUT2D eigenvalue weighted by atomic mass is 10.3. The van der Waals surface area contributed by atoms with Crippen molar-refractivity contribution in [2.24, 2.45) is 0 Å². The normalized spacial score (nSPS) is 10.6. The molecule has 0 aliphatic rings. The van der Waals surface area contributed by atoms with Gasteiger partial charge in [-0.1, -0.05) is 6.92 Å². The third-order valence-electron chi connectivity index (χ3n) is 1.94. The summed E-state index contributed by atoms with van der Waals surface area (Å²) >= 11 is 5.03. The third kappa shape index (κ3) is 3.34. The van der Waals surface area contributed by atoms with Crippen molar-refractivity contribution >= 4 is 33.5 Å². The lowest BCUT2D eigenvalue weighted by molar-refractivity contribution is 0.101. The highest BCUT2D eigenvalue weighted by Crippen LogP contribution is 2.18. The number of carbonyl (C=O) groups is 1. The summed E-state index contributed by atoms with van der Waals surface area (Å²) in [5.74, 6) is 1.72. The number of ketones is 1. The SMILES string of the molecule is CCCSCC(=O)c1c(Br)cnn1CC. The fourth-order valence-electron chi connectivity index (χ4n) is 1.26. The molecule has 0 radical (unpaired) electrons. The summed E-state index contributed by atoms with van der Waals surface area (Å²) in [6, 6.07) is 0. The molecule has 1 aromatic rings. The van der Waals surface area contributed by atoms with Gasteiger partial charge in [0.2, 0.25) is 0 Å². The van der Waals surface area contributed by atoms with Crippen LogP contribution < -0.4 is 0 Å². The van der Waals surface area contributed by atoms with Gasteiger partial charge in [0.1, 0.15) is 5.69 Å². The zero-order valence-corrected chi connectivity index (χ0v) is 11.4. The maximum atomic E-state index is 11.9. The second kappa shape index (κ2) is 6.33. The number of carbonyl (C=O) groups excluding carboxylic acids is 1. The Balaban J connectivity index is 2.67. The number of hydrogen-bond donors (Lipinski definition) is 0. The summed E-state index contributed by atoms with van der Waals surface area (Å²) in [5.41, 5.74) is 0.695. The molecule has 5 heteroatoms. The first-order chi connectivity index (χ1) is 7.20. The molecule has 84 valence electrons. The van der Waals surface area contributed by atoms with Gasteiger partial charge < -0.3 is 0 Å². The smallest absolute Gasteiger partial charge is 0.191 e. The van der Waals surface area contributed by atoms with Crippen LogP contribution in [0.3, 0.4) is 0 Å². The minimum atomic E-state index is 0.152. The number of halogens is 1. The summed E-state index contributed by atoms with van der Waals surface area (Å²) in [4.78, 5) is 11.9. The van der Waals surface area contributed by atoms with Gasteiger partial charge in [-0.3, -0.25) is 9.48 Å². The van der Waals surface area contributed by atoms with Crippen LogP contribution in [0, 0.1) is 0 Å². The summed E-state index contributed by atoms with van der Waals surface area (Å²) in [5, 5.41) is 4.12. The van der Waals surface area contributed by atoms with E-state index in [0.29, 0.717) is 11.4 Å². The van der Waals surface area contributed by atoms with Crippen molar-refractivity contribution in [3.05, 3.63) is 16.4 Å². The van der Waals surface area contributed by atoms with Crippen LogP contribution in [0.1, 0.15) is 30.8 Å². The van der Waals surface area contributed by atoms with Crippen molar-refractivity contribution in [1.82, 2.24) is 9.78 Å². The first-order valence-electron chi connectivity index (χ1n) is 5.02. The molecule has 15 heavy (non-hydrogen) atoms. The number of Topliss-reactive ketones (excluding diaryl/α,β-unsaturated/α-hetero) is 1. The van der Waals surface area contributed by atoms with Crippen molar-refractivity contribution in [3.8, 4) is 0 Å². The van der Waals surface area contributed by atoms with Crippen molar-refractivity contribution in [2.75, 3.05) is 11.5 Å². The number of aromatic nitrogens is 2. The van der Waals surface area contributed by atoms with Crippen molar-refractivity contribution in [3.63, 3.8) is 0 Å². The molecular formula is C10H15BrN2OS. The molecule has 0 saturated carbocycles. The van der Waals surface area contributed by atoms with E-state index in [9.17, 15) is 4.79 Å². The molecule has 1 aromatic heterocycles. The zero-order valence-electron chi connectivity index (χ0n) is 8.99. The quantitative estimate of drug-likeness (QED) is 0.597. The molecule has 0 atom stereocenters. The second-order valence-electron chi connectivity index (χ2n) is 3.13. The molecule has 3 nitrogen and oxygen atoms in total. The van der Waals surface area contributed by atoms with E-state index in [-0.39, 0.29) is 5.78 Å². The van der Waals surface area contributed by atoms with Crippen LogP contribution in [0.5, 0.6) is 0 Å². The number of thioether (sulfide) groups is 1. The minimum Gasteiger partial charge on any atom is -0.291 e. The molecule has 0 aromatic carbocycles. The van der Waals surface area contributed by atoms with Crippen molar-refractivity contribution in [1.29, 1.82) is 0 Å². The first kappa shape index (κ1) is 12.8. The predicted octanol–water partition coefficient (Wildman–Crippen LogP) is 2.99. The van der Waals surface area contributed by atoms with E-state index in [1.54, 1.807) is 22.6 Å². The van der Waals surface area contributed by atoms with Gasteiger partial charge in [0.05, 0.1) is 16.4 Å². The zero-order chi connectivity index (χ0) is 11.3. The average molecular weight is 291 g/mol. The molecule has 0 unspecified atom stereocenters. The number of aryl methyl sites for hydroxylation is 1. The molecule has 0 aliphatic carbocycles. The molecule has 0 fully saturated rings. The van der Waals surface area contributed by atoms with Gasteiger partial charge in [0, 0.05) is 6.54 Å². The van der Waals surface area contributed by atoms with E-state index in [4.69, 9.17) is 0 Å². The fraction of sp³-hybridized carbons (Fsp3) is 0.600. The van der Waals surface area contributed by atoms with Crippen LogP contribution in [0.25, 0.3) is 0 Å². The second-order valence-corrected chi connectivity index (χ2v) is 5.09. The maximum Gasteiger partial charge on any atom is 0.191 e. The Labute approximate surface area is 103 Å². The van der Waals surface area contributed by atoms with Crippen LogP contribution in [-0.2, 0) is 6.54 Å². The standard InChI is InChI=1S/C10H15BrN2OS/c1-3-5-15-7-9(14)10-8(11)6-12-13(10)4-2/h6H,3-5,7H2,1-2H3. The summed E-state index contributed by atoms with van der Waals surface area (Å²) < 4.78 is 2.53. The molecule has 0 bridgehead atoms. The first-order valence-corrected chi connectivity index (χ1v) is 6.97. The molecule has 1 heterocycles. The average Bonchev–Trinajstić information content (AvgIpc) is 2.59. The van der Waals surface area contributed by atoms with Crippen molar-refractivity contribution in [2.45, 2.75) is 26.8 Å². The summed E-state index contributed by atoms with van der Waals surface area (Å²) in [6.07, 6.45) is 2.79. The van der Waals surface area contributed by atoms with Gasteiger partial charge in [-0.25, -0.2) is 0 Å². The van der Waals surface area contributed by atoms with Gasteiger partial charge in [-0.05, 0) is 35.0 Å². The van der Waals surface area contributed by atoms with Gasteiger partial charge in [-0.15, -0.1) is 0 Å². The van der Waals surface area contributed by atoms with Crippen LogP contribution in [0.15, 0.2) is 10.7 Å². The van der Waals surface area contributed by atoms with Crippen LogP contribution in [0.2, 0.25) is 0 Å². The Morgan fingerprint density at radius 1 is 1.60 bits per heavy atom. The lowest BCUT2D eigenvalue weighted by Gasteiger charge is -2.04. The Morgan fingerprint density at radius 2 is 2.33 bits per heavy atom. The van der Waals surface area contributed by atoms with E-state index in [2.05, 4.69) is 28.0 Å². The highest BCUT2D eigenvalue weighted by Gasteiger charge is 2.15. The van der Waals surface area contributed by atoms with Crippen LogP contribution >= 0.6 is 27.7 Å². The van der Waals surface area contributed by atoms with E-state index in [1.807, 2.05) is 6.92 Å². The Kier molecular flexibility index (Phi) is 5.39. The molecule has 0 aliphatic heterocycles. The maximum absolute atomic E-state index is 11.9. The van der Waals surface area contributed by atoms with Crippen LogP contribution in [-0.4, -0.2) is 27.1 Å². The van der Waals surface area contributed by atoms with Gasteiger partial charge in [0.15, 0.2) is 5.78 Å². The predicted molar refractivity (Wildman–Crippen MR) is 67.5 cm³/mol. The van der Waals surface area contributed by atoms with Gasteiger partial charge in [0.25, 0.3) is 0 Å². The highest BCUT2D eigenvalue weighted by molar-refractivity contribution is 9.10. The van der Waals surface area contributed by atoms with Crippen molar-refractivity contribution < 1.29 is 4.79 Å². The van der Waals surface area contributed by atoms with Gasteiger partial charge in [-0.2, -0.15) is 16.9 Å². The lowest BCUT2D eigenvalue weighted by Crippen LogP contribution is -2.12. The number of rotatable bonds is 6. The number of hydrogen-bond acceptors (Lipinski definition) is 3. The van der Waals surface area contributed by atoms with Gasteiger partial charge >= 0.3 is 0 Å². The third-order valence-corrected chi connectivity index (χ3v) is 3.68. The molecule has 0 amide bonds. The highest BCUT2D eigenvalue weighted by atomic mass is 79.9. The molecule has 1 rings (SSSR count). The van der Waals surface area contributed by atoms with Crippen LogP contribution in [0.4, 0.5) is 0 Å². The fourth-order valence-corrected chi connectivity index (χ4v) is 2.53. The monoisotopic (exact) mass is 290 g/mol. The van der Waals surface area contributed by atoms with E-state index in [1.165, 1.54) is 0 Å². The van der Waals surface area contributed by atoms with E-state index >= 15 is 0 Å². The molecule has 0 N–H and O–H groups in total. The minimum absolute atomic E-state index is 0.152. The Morgan fingerprint density at radius 3 is 2.93 bits per heavy atom. The Hall–Kier alpha value is -0.290. The molecular weight excluding hydrogens is 276 g/mol. The topological polar surface area (TPSA) is 34.9 Å². The Bertz CT molecular complexity index is 338. The molecule has 0 saturated heterocycles. The molecule has 0 spiro atoms. The summed E-state index contributed by atoms with van der Waals surface area (Å²) in [6.45, 7) is 4.82. The largest absolute Gasteiger partial charge is 0.291 e. The number of nitrogens with zero attached hydrogens (tertiary/aromatic N) is 2.